The van der Waals surface area contributed by atoms with Crippen molar-refractivity contribution < 1.29 is 9.63 Å². The van der Waals surface area contributed by atoms with Crippen LogP contribution in [-0.2, 0) is 9.63 Å². The van der Waals surface area contributed by atoms with E-state index in [1.165, 1.54) is 6.92 Å². The van der Waals surface area contributed by atoms with Crippen molar-refractivity contribution in [2.24, 2.45) is 5.16 Å². The number of benzene rings is 1. The van der Waals surface area contributed by atoms with Crippen molar-refractivity contribution in [3.05, 3.63) is 48.6 Å². The summed E-state index contributed by atoms with van der Waals surface area (Å²) in [7, 11) is 0. The predicted molar refractivity (Wildman–Crippen MR) is 59.6 cm³/mol. The van der Waals surface area contributed by atoms with Crippen LogP contribution < -0.4 is 0 Å². The van der Waals surface area contributed by atoms with Gasteiger partial charge in [0.05, 0.1) is 5.71 Å². The van der Waals surface area contributed by atoms with Crippen LogP contribution in [0.1, 0.15) is 18.9 Å². The molecule has 0 aliphatic carbocycles. The molecular weight excluding hydrogens is 190 g/mol. The molecular formula is C12H13NO2. The molecule has 0 bridgehead atoms. The SMILES string of the molecule is C=CC/C(=N\OC(C)=O)c1ccccc1. The molecule has 78 valence electrons. The Labute approximate surface area is 89.1 Å². The van der Waals surface area contributed by atoms with Crippen LogP contribution in [0.4, 0.5) is 0 Å². The Kier molecular flexibility index (Phi) is 4.29. The van der Waals surface area contributed by atoms with Gasteiger partial charge in [-0.15, -0.1) is 6.58 Å². The molecule has 0 spiro atoms. The molecule has 0 fully saturated rings. The van der Waals surface area contributed by atoms with Gasteiger partial charge in [0, 0.05) is 13.3 Å². The molecule has 0 aliphatic rings. The second kappa shape index (κ2) is 5.75. The van der Waals surface area contributed by atoms with E-state index >= 15 is 0 Å². The van der Waals surface area contributed by atoms with Gasteiger partial charge in [-0.05, 0) is 5.56 Å². The van der Waals surface area contributed by atoms with Gasteiger partial charge >= 0.3 is 5.97 Å². The number of hydrogen-bond donors (Lipinski definition) is 0. The number of oxime groups is 1. The molecule has 0 heterocycles. The second-order valence-electron chi connectivity index (χ2n) is 2.98. The first kappa shape index (κ1) is 11.2. The van der Waals surface area contributed by atoms with E-state index in [2.05, 4.69) is 16.6 Å². The quantitative estimate of drug-likeness (QED) is 0.326. The van der Waals surface area contributed by atoms with Gasteiger partial charge in [0.1, 0.15) is 0 Å². The largest absolute Gasteiger partial charge is 0.331 e. The zero-order valence-electron chi connectivity index (χ0n) is 8.64. The summed E-state index contributed by atoms with van der Waals surface area (Å²) in [4.78, 5) is 15.2. The van der Waals surface area contributed by atoms with E-state index in [4.69, 9.17) is 0 Å². The van der Waals surface area contributed by atoms with Gasteiger partial charge in [-0.1, -0.05) is 41.6 Å². The fourth-order valence-electron chi connectivity index (χ4n) is 1.09. The maximum atomic E-state index is 10.6. The Morgan fingerprint density at radius 2 is 2.13 bits per heavy atom. The minimum atomic E-state index is -0.424. The van der Waals surface area contributed by atoms with Crippen molar-refractivity contribution in [2.45, 2.75) is 13.3 Å². The highest BCUT2D eigenvalue weighted by molar-refractivity contribution is 6.01. The highest BCUT2D eigenvalue weighted by atomic mass is 16.7. The third-order valence-electron chi connectivity index (χ3n) is 1.73. The molecule has 1 aromatic rings. The first-order valence-electron chi connectivity index (χ1n) is 4.65. The van der Waals surface area contributed by atoms with Crippen LogP contribution >= 0.6 is 0 Å². The third kappa shape index (κ3) is 3.77. The zero-order valence-corrected chi connectivity index (χ0v) is 8.64. The standard InChI is InChI=1S/C12H13NO2/c1-3-7-12(13-15-10(2)14)11-8-5-4-6-9-11/h3-6,8-9H,1,7H2,2H3/b13-12+. The molecule has 0 radical (unpaired) electrons. The normalized spacial score (nSPS) is 10.9. The van der Waals surface area contributed by atoms with Gasteiger partial charge in [0.2, 0.25) is 0 Å². The molecule has 1 rings (SSSR count). The molecule has 3 nitrogen and oxygen atoms in total. The smallest absolute Gasteiger partial charge is 0.318 e. The van der Waals surface area contributed by atoms with Gasteiger partial charge in [-0.25, -0.2) is 4.79 Å². The number of carbonyl (C=O) groups is 1. The molecule has 0 aliphatic heterocycles. The van der Waals surface area contributed by atoms with Gasteiger partial charge in [0.25, 0.3) is 0 Å². The van der Waals surface area contributed by atoms with E-state index in [1.807, 2.05) is 30.3 Å². The Balaban J connectivity index is 2.87. The van der Waals surface area contributed by atoms with Gasteiger partial charge in [0.15, 0.2) is 0 Å². The van der Waals surface area contributed by atoms with Crippen LogP contribution in [0.25, 0.3) is 0 Å². The summed E-state index contributed by atoms with van der Waals surface area (Å²) in [6, 6.07) is 9.54. The first-order valence-corrected chi connectivity index (χ1v) is 4.65. The second-order valence-corrected chi connectivity index (χ2v) is 2.98. The number of rotatable bonds is 4. The lowest BCUT2D eigenvalue weighted by Crippen LogP contribution is -2.02. The molecule has 0 saturated carbocycles. The monoisotopic (exact) mass is 203 g/mol. The minimum absolute atomic E-state index is 0.424. The van der Waals surface area contributed by atoms with Crippen molar-refractivity contribution in [1.82, 2.24) is 0 Å². The molecule has 0 unspecified atom stereocenters. The molecule has 1 aromatic carbocycles. The summed E-state index contributed by atoms with van der Waals surface area (Å²) in [5, 5.41) is 3.78. The summed E-state index contributed by atoms with van der Waals surface area (Å²) in [6.45, 7) is 4.95. The highest BCUT2D eigenvalue weighted by Crippen LogP contribution is 2.05. The fraction of sp³-hybridized carbons (Fsp3) is 0.167. The number of allylic oxidation sites excluding steroid dienone is 1. The molecule has 0 amide bonds. The van der Waals surface area contributed by atoms with Crippen LogP contribution in [0.15, 0.2) is 48.1 Å². The lowest BCUT2D eigenvalue weighted by Gasteiger charge is -2.02. The first-order chi connectivity index (χ1) is 7.24. The van der Waals surface area contributed by atoms with Gasteiger partial charge in [-0.3, -0.25) is 0 Å². The predicted octanol–water partition coefficient (Wildman–Crippen LogP) is 2.53. The minimum Gasteiger partial charge on any atom is -0.318 e. The van der Waals surface area contributed by atoms with Crippen molar-refractivity contribution in [1.29, 1.82) is 0 Å². The van der Waals surface area contributed by atoms with E-state index in [0.717, 1.165) is 5.56 Å². The lowest BCUT2D eigenvalue weighted by atomic mass is 10.1. The maximum absolute atomic E-state index is 10.6. The Hall–Kier alpha value is -1.90. The lowest BCUT2D eigenvalue weighted by molar-refractivity contribution is -0.140. The van der Waals surface area contributed by atoms with E-state index in [9.17, 15) is 4.79 Å². The van der Waals surface area contributed by atoms with Crippen LogP contribution in [0.3, 0.4) is 0 Å². The highest BCUT2D eigenvalue weighted by Gasteiger charge is 2.02. The molecule has 0 saturated heterocycles. The summed E-state index contributed by atoms with van der Waals surface area (Å²) in [5.41, 5.74) is 1.62. The Morgan fingerprint density at radius 1 is 1.47 bits per heavy atom. The van der Waals surface area contributed by atoms with E-state index in [1.54, 1.807) is 6.08 Å². The molecule has 3 heteroatoms. The molecule has 0 aromatic heterocycles. The van der Waals surface area contributed by atoms with Crippen LogP contribution in [0, 0.1) is 0 Å². The van der Waals surface area contributed by atoms with Crippen LogP contribution in [-0.4, -0.2) is 11.7 Å². The number of hydrogen-bond acceptors (Lipinski definition) is 3. The number of nitrogens with zero attached hydrogens (tertiary/aromatic N) is 1. The topological polar surface area (TPSA) is 38.7 Å². The van der Waals surface area contributed by atoms with Crippen molar-refractivity contribution in [3.8, 4) is 0 Å². The van der Waals surface area contributed by atoms with Crippen LogP contribution in [0.2, 0.25) is 0 Å². The van der Waals surface area contributed by atoms with Crippen LogP contribution in [0.5, 0.6) is 0 Å². The van der Waals surface area contributed by atoms with Gasteiger partial charge < -0.3 is 4.84 Å². The molecule has 0 atom stereocenters. The summed E-state index contributed by atoms with van der Waals surface area (Å²) in [6.07, 6.45) is 2.28. The zero-order chi connectivity index (χ0) is 11.1. The summed E-state index contributed by atoms with van der Waals surface area (Å²) >= 11 is 0. The Bertz CT molecular complexity index is 368. The Morgan fingerprint density at radius 3 is 2.67 bits per heavy atom. The number of carbonyl (C=O) groups excluding carboxylic acids is 1. The van der Waals surface area contributed by atoms with Crippen molar-refractivity contribution in [3.63, 3.8) is 0 Å². The molecule has 0 N–H and O–H groups in total. The van der Waals surface area contributed by atoms with E-state index in [-0.39, 0.29) is 0 Å². The van der Waals surface area contributed by atoms with Gasteiger partial charge in [-0.2, -0.15) is 0 Å². The van der Waals surface area contributed by atoms with Crippen molar-refractivity contribution in [2.75, 3.05) is 0 Å². The summed E-state index contributed by atoms with van der Waals surface area (Å²) in [5.74, 6) is -0.424. The average molecular weight is 203 g/mol. The fourth-order valence-corrected chi connectivity index (χ4v) is 1.09. The maximum Gasteiger partial charge on any atom is 0.331 e. The molecule has 15 heavy (non-hydrogen) atoms. The third-order valence-corrected chi connectivity index (χ3v) is 1.73. The van der Waals surface area contributed by atoms with E-state index < -0.39 is 5.97 Å². The van der Waals surface area contributed by atoms with Crippen molar-refractivity contribution >= 4 is 11.7 Å². The summed E-state index contributed by atoms with van der Waals surface area (Å²) < 4.78 is 0. The average Bonchev–Trinajstić information content (AvgIpc) is 2.25. The van der Waals surface area contributed by atoms with E-state index in [0.29, 0.717) is 12.1 Å².